The van der Waals surface area contributed by atoms with Crippen molar-refractivity contribution in [1.29, 1.82) is 0 Å². The van der Waals surface area contributed by atoms with E-state index in [4.69, 9.17) is 19.8 Å². The van der Waals surface area contributed by atoms with Crippen LogP contribution in [0.15, 0.2) is 24.3 Å². The average Bonchev–Trinajstić information content (AvgIpc) is 2.17. The Kier molecular flexibility index (Phi) is 7.79. The number of carboxylic acid groups (broad SMARTS) is 2. The van der Waals surface area contributed by atoms with Gasteiger partial charge in [0.2, 0.25) is 0 Å². The highest BCUT2D eigenvalue weighted by molar-refractivity contribution is 6.27. The van der Waals surface area contributed by atoms with Crippen molar-refractivity contribution in [3.05, 3.63) is 24.3 Å². The van der Waals surface area contributed by atoms with Gasteiger partial charge < -0.3 is 14.9 Å². The van der Waals surface area contributed by atoms with E-state index in [0.717, 1.165) is 0 Å². The molecule has 0 saturated carbocycles. The van der Waals surface area contributed by atoms with E-state index in [0.29, 0.717) is 0 Å². The van der Waals surface area contributed by atoms with Crippen molar-refractivity contribution in [1.82, 2.24) is 0 Å². The quantitative estimate of drug-likeness (QED) is 0.311. The molecule has 0 radical (unpaired) electrons. The van der Waals surface area contributed by atoms with E-state index >= 15 is 0 Å². The standard InChI is InChI=1S/C8H10O3.C2H2O4/c1-5(2)7(9)11-8(10)6(3)4;3-1(4)2(5)6/h1,3H2,2,4H3;(H,3,4)(H,5,6). The molecule has 0 rings (SSSR count). The van der Waals surface area contributed by atoms with Crippen LogP contribution in [0.2, 0.25) is 0 Å². The molecule has 2 N–H and O–H groups in total. The van der Waals surface area contributed by atoms with E-state index in [9.17, 15) is 9.59 Å². The number of esters is 2. The normalized spacial score (nSPS) is 8.12. The number of hydrogen-bond acceptors (Lipinski definition) is 5. The molecule has 0 fully saturated rings. The van der Waals surface area contributed by atoms with Gasteiger partial charge in [-0.05, 0) is 13.8 Å². The van der Waals surface area contributed by atoms with Gasteiger partial charge >= 0.3 is 23.9 Å². The van der Waals surface area contributed by atoms with Crippen LogP contribution in [0, 0.1) is 0 Å². The molecule has 0 aliphatic rings. The summed E-state index contributed by atoms with van der Waals surface area (Å²) >= 11 is 0. The molecule has 0 aromatic carbocycles. The van der Waals surface area contributed by atoms with E-state index < -0.39 is 23.9 Å². The monoisotopic (exact) mass is 244 g/mol. The van der Waals surface area contributed by atoms with Gasteiger partial charge in [0.05, 0.1) is 0 Å². The van der Waals surface area contributed by atoms with E-state index in [-0.39, 0.29) is 11.1 Å². The first kappa shape index (κ1) is 17.0. The molecule has 7 heteroatoms. The maximum atomic E-state index is 10.7. The number of carbonyl (C=O) groups excluding carboxylic acids is 2. The minimum atomic E-state index is -1.82. The molecular weight excluding hydrogens is 232 g/mol. The van der Waals surface area contributed by atoms with Gasteiger partial charge in [0, 0.05) is 11.1 Å². The zero-order valence-electron chi connectivity index (χ0n) is 9.35. The maximum absolute atomic E-state index is 10.7. The molecule has 0 aliphatic carbocycles. The van der Waals surface area contributed by atoms with Gasteiger partial charge in [0.1, 0.15) is 0 Å². The van der Waals surface area contributed by atoms with Crippen LogP contribution in [0.4, 0.5) is 0 Å². The number of aliphatic carboxylic acids is 2. The third kappa shape index (κ3) is 9.85. The number of carbonyl (C=O) groups is 4. The smallest absolute Gasteiger partial charge is 0.414 e. The molecule has 0 spiro atoms. The van der Waals surface area contributed by atoms with E-state index in [1.807, 2.05) is 0 Å². The van der Waals surface area contributed by atoms with Crippen LogP contribution in [0.1, 0.15) is 13.8 Å². The first-order valence-corrected chi connectivity index (χ1v) is 4.13. The second kappa shape index (κ2) is 7.80. The molecule has 94 valence electrons. The fourth-order valence-corrected chi connectivity index (χ4v) is 0.258. The van der Waals surface area contributed by atoms with Crippen LogP contribution in [0.25, 0.3) is 0 Å². The Labute approximate surface area is 97.0 Å². The molecule has 0 aromatic heterocycles. The summed E-state index contributed by atoms with van der Waals surface area (Å²) in [4.78, 5) is 39.5. The first-order valence-electron chi connectivity index (χ1n) is 4.13. The fourth-order valence-electron chi connectivity index (χ4n) is 0.258. The molecule has 17 heavy (non-hydrogen) atoms. The van der Waals surface area contributed by atoms with Crippen LogP contribution in [-0.4, -0.2) is 34.1 Å². The zero-order valence-corrected chi connectivity index (χ0v) is 9.35. The number of rotatable bonds is 2. The molecule has 0 heterocycles. The van der Waals surface area contributed by atoms with Gasteiger partial charge in [-0.15, -0.1) is 0 Å². The highest BCUT2D eigenvalue weighted by Gasteiger charge is 2.10. The predicted octanol–water partition coefficient (Wildman–Crippen LogP) is 0.364. The maximum Gasteiger partial charge on any atom is 0.414 e. The van der Waals surface area contributed by atoms with Crippen molar-refractivity contribution in [2.24, 2.45) is 0 Å². The SMILES string of the molecule is C=C(C)C(=O)OC(=O)C(=C)C.O=C(O)C(=O)O. The van der Waals surface area contributed by atoms with E-state index in [1.54, 1.807) is 0 Å². The third-order valence-electron chi connectivity index (χ3n) is 1.07. The predicted molar refractivity (Wildman–Crippen MR) is 56.0 cm³/mol. The summed E-state index contributed by atoms with van der Waals surface area (Å²) in [6.45, 7) is 9.55. The molecule has 0 unspecified atom stereocenters. The van der Waals surface area contributed by atoms with Crippen LogP contribution < -0.4 is 0 Å². The molecule has 0 saturated heterocycles. The lowest BCUT2D eigenvalue weighted by Gasteiger charge is -1.99. The Morgan fingerprint density at radius 1 is 0.824 bits per heavy atom. The van der Waals surface area contributed by atoms with Crippen molar-refractivity contribution in [2.75, 3.05) is 0 Å². The molecule has 0 amide bonds. The highest BCUT2D eigenvalue weighted by atomic mass is 16.6. The fraction of sp³-hybridized carbons (Fsp3) is 0.200. The van der Waals surface area contributed by atoms with E-state index in [1.165, 1.54) is 13.8 Å². The van der Waals surface area contributed by atoms with Crippen LogP contribution in [-0.2, 0) is 23.9 Å². The van der Waals surface area contributed by atoms with Gasteiger partial charge in [-0.2, -0.15) is 0 Å². The Morgan fingerprint density at radius 2 is 1.06 bits per heavy atom. The number of hydrogen-bond donors (Lipinski definition) is 2. The van der Waals surface area contributed by atoms with Crippen LogP contribution in [0.3, 0.4) is 0 Å². The second-order valence-corrected chi connectivity index (χ2v) is 2.85. The Hall–Kier alpha value is -2.44. The lowest BCUT2D eigenvalue weighted by molar-refractivity contribution is -0.159. The van der Waals surface area contributed by atoms with Crippen LogP contribution >= 0.6 is 0 Å². The van der Waals surface area contributed by atoms with Crippen LogP contribution in [0.5, 0.6) is 0 Å². The minimum absolute atomic E-state index is 0.194. The van der Waals surface area contributed by atoms with Gasteiger partial charge in [-0.25, -0.2) is 19.2 Å². The Bertz CT molecular complexity index is 342. The largest absolute Gasteiger partial charge is 0.473 e. The van der Waals surface area contributed by atoms with Crippen molar-refractivity contribution < 1.29 is 34.1 Å². The summed E-state index contributed by atoms with van der Waals surface area (Å²) in [5.74, 6) is -5.07. The molecule has 0 aromatic rings. The minimum Gasteiger partial charge on any atom is -0.473 e. The zero-order chi connectivity index (χ0) is 14.2. The number of carboxylic acids is 2. The molecule has 7 nitrogen and oxygen atoms in total. The van der Waals surface area contributed by atoms with Gasteiger partial charge in [-0.3, -0.25) is 0 Å². The second-order valence-electron chi connectivity index (χ2n) is 2.85. The topological polar surface area (TPSA) is 118 Å². The van der Waals surface area contributed by atoms with Crippen molar-refractivity contribution in [2.45, 2.75) is 13.8 Å². The first-order chi connectivity index (χ1) is 7.59. The third-order valence-corrected chi connectivity index (χ3v) is 1.07. The van der Waals surface area contributed by atoms with E-state index in [2.05, 4.69) is 17.9 Å². The van der Waals surface area contributed by atoms with Crippen molar-refractivity contribution >= 4 is 23.9 Å². The Morgan fingerprint density at radius 3 is 1.18 bits per heavy atom. The molecule has 0 bridgehead atoms. The summed E-state index contributed by atoms with van der Waals surface area (Å²) in [6.07, 6.45) is 0. The summed E-state index contributed by atoms with van der Waals surface area (Å²) in [5, 5.41) is 14.8. The Balaban J connectivity index is 0. The molecular formula is C10H12O7. The lowest BCUT2D eigenvalue weighted by Crippen LogP contribution is -2.12. The summed E-state index contributed by atoms with van der Waals surface area (Å²) in [7, 11) is 0. The molecule has 0 atom stereocenters. The van der Waals surface area contributed by atoms with Gasteiger partial charge in [0.25, 0.3) is 0 Å². The lowest BCUT2D eigenvalue weighted by atomic mass is 10.3. The average molecular weight is 244 g/mol. The molecule has 0 aliphatic heterocycles. The summed E-state index contributed by atoms with van der Waals surface area (Å²) in [6, 6.07) is 0. The van der Waals surface area contributed by atoms with Crippen molar-refractivity contribution in [3.63, 3.8) is 0 Å². The van der Waals surface area contributed by atoms with Gasteiger partial charge in [0.15, 0.2) is 0 Å². The number of ether oxygens (including phenoxy) is 1. The summed E-state index contributed by atoms with van der Waals surface area (Å²) in [5.41, 5.74) is 0.388. The van der Waals surface area contributed by atoms with Crippen molar-refractivity contribution in [3.8, 4) is 0 Å². The highest BCUT2D eigenvalue weighted by Crippen LogP contribution is 1.97. The van der Waals surface area contributed by atoms with Gasteiger partial charge in [-0.1, -0.05) is 13.2 Å². The summed E-state index contributed by atoms with van der Waals surface area (Å²) < 4.78 is 4.30.